The molecule has 2 aromatic rings. The van der Waals surface area contributed by atoms with Crippen molar-refractivity contribution in [2.75, 3.05) is 10.5 Å². The van der Waals surface area contributed by atoms with E-state index in [9.17, 15) is 8.42 Å². The minimum atomic E-state index is -3.82. The molecular weight excluding hydrogens is 435 g/mol. The number of nitrogen functional groups attached to an aromatic ring is 1. The number of hydrogen-bond donors (Lipinski definition) is 2. The van der Waals surface area contributed by atoms with E-state index in [1.165, 1.54) is 24.5 Å². The summed E-state index contributed by atoms with van der Waals surface area (Å²) >= 11 is 12.0. The zero-order chi connectivity index (χ0) is 14.9. The Bertz CT molecular complexity index is 729. The van der Waals surface area contributed by atoms with Crippen LogP contribution in [0.3, 0.4) is 0 Å². The fourth-order valence-corrected chi connectivity index (χ4v) is 3.86. The van der Waals surface area contributed by atoms with Crippen LogP contribution in [-0.4, -0.2) is 18.4 Å². The Kier molecular flexibility index (Phi) is 4.52. The van der Waals surface area contributed by atoms with E-state index in [1.54, 1.807) is 0 Å². The summed E-state index contributed by atoms with van der Waals surface area (Å²) in [4.78, 5) is 7.56. The van der Waals surface area contributed by atoms with E-state index in [1.807, 2.05) is 0 Å². The van der Waals surface area contributed by atoms with E-state index < -0.39 is 10.0 Å². The standard InChI is InChI=1S/C10H7Br2ClN4O2S/c11-7-1-6(2-8(12)9(7)14)20(18,19)17-10-15-3-5(13)4-16-10/h1-4H,14H2,(H,15,16,17). The Hall–Kier alpha value is -0.900. The molecular formula is C10H7Br2ClN4O2S. The molecule has 0 unspecified atom stereocenters. The third kappa shape index (κ3) is 3.40. The van der Waals surface area contributed by atoms with Gasteiger partial charge in [0.05, 0.1) is 28.0 Å². The average molecular weight is 443 g/mol. The molecule has 1 heterocycles. The lowest BCUT2D eigenvalue weighted by molar-refractivity contribution is 0.600. The maximum absolute atomic E-state index is 12.2. The van der Waals surface area contributed by atoms with Gasteiger partial charge in [0.15, 0.2) is 0 Å². The molecule has 0 aliphatic rings. The molecule has 1 aromatic heterocycles. The van der Waals surface area contributed by atoms with Crippen molar-refractivity contribution in [2.45, 2.75) is 4.90 Å². The molecule has 0 bridgehead atoms. The van der Waals surface area contributed by atoms with Crippen molar-refractivity contribution in [3.05, 3.63) is 38.5 Å². The second kappa shape index (κ2) is 5.84. The van der Waals surface area contributed by atoms with Crippen LogP contribution < -0.4 is 10.5 Å². The molecule has 1 aromatic carbocycles. The third-order valence-corrected chi connectivity index (χ3v) is 5.02. The van der Waals surface area contributed by atoms with Crippen molar-refractivity contribution < 1.29 is 8.42 Å². The van der Waals surface area contributed by atoms with Crippen molar-refractivity contribution >= 4 is 65.1 Å². The molecule has 0 fully saturated rings. The highest BCUT2D eigenvalue weighted by Gasteiger charge is 2.18. The number of halogens is 3. The van der Waals surface area contributed by atoms with Gasteiger partial charge in [-0.1, -0.05) is 11.6 Å². The van der Waals surface area contributed by atoms with Crippen LogP contribution in [0.25, 0.3) is 0 Å². The Morgan fingerprint density at radius 1 is 1.15 bits per heavy atom. The summed E-state index contributed by atoms with van der Waals surface area (Å²) in [6, 6.07) is 2.77. The number of nitrogens with one attached hydrogen (secondary N) is 1. The lowest BCUT2D eigenvalue weighted by Gasteiger charge is -2.09. The molecule has 0 saturated carbocycles. The molecule has 106 valence electrons. The first-order valence-corrected chi connectivity index (χ1v) is 8.49. The van der Waals surface area contributed by atoms with E-state index in [2.05, 4.69) is 46.5 Å². The molecule has 0 aliphatic carbocycles. The van der Waals surface area contributed by atoms with Gasteiger partial charge in [0.2, 0.25) is 5.95 Å². The molecule has 3 N–H and O–H groups in total. The van der Waals surface area contributed by atoms with Gasteiger partial charge in [-0.2, -0.15) is 0 Å². The van der Waals surface area contributed by atoms with Crippen LogP contribution in [-0.2, 0) is 10.0 Å². The summed E-state index contributed by atoms with van der Waals surface area (Å²) in [6.07, 6.45) is 2.59. The minimum Gasteiger partial charge on any atom is -0.397 e. The highest BCUT2D eigenvalue weighted by molar-refractivity contribution is 9.11. The molecule has 0 aliphatic heterocycles. The van der Waals surface area contributed by atoms with E-state index >= 15 is 0 Å². The van der Waals surface area contributed by atoms with Crippen molar-refractivity contribution in [2.24, 2.45) is 0 Å². The molecule has 0 spiro atoms. The predicted octanol–water partition coefficient (Wildman–Crippen LogP) is 3.04. The zero-order valence-electron chi connectivity index (χ0n) is 9.64. The second-order valence-corrected chi connectivity index (χ2v) is 7.46. The molecule has 6 nitrogen and oxygen atoms in total. The van der Waals surface area contributed by atoms with E-state index in [0.29, 0.717) is 19.7 Å². The second-order valence-electron chi connectivity index (χ2n) is 3.63. The van der Waals surface area contributed by atoms with Crippen molar-refractivity contribution in [1.29, 1.82) is 0 Å². The molecule has 2 rings (SSSR count). The number of hydrogen-bond acceptors (Lipinski definition) is 5. The predicted molar refractivity (Wildman–Crippen MR) is 84.1 cm³/mol. The fraction of sp³-hybridized carbons (Fsp3) is 0. The summed E-state index contributed by atoms with van der Waals surface area (Å²) in [5.41, 5.74) is 6.12. The first-order chi connectivity index (χ1) is 9.29. The van der Waals surface area contributed by atoms with Crippen LogP contribution in [0.4, 0.5) is 11.6 Å². The van der Waals surface area contributed by atoms with Gasteiger partial charge in [-0.3, -0.25) is 0 Å². The van der Waals surface area contributed by atoms with Crippen molar-refractivity contribution in [3.8, 4) is 0 Å². The molecule has 0 atom stereocenters. The summed E-state index contributed by atoms with van der Waals surface area (Å²) in [7, 11) is -3.82. The van der Waals surface area contributed by atoms with Crippen LogP contribution in [0.1, 0.15) is 0 Å². The van der Waals surface area contributed by atoms with Crippen LogP contribution in [0.15, 0.2) is 38.4 Å². The molecule has 10 heteroatoms. The number of nitrogens with two attached hydrogens (primary N) is 1. The maximum atomic E-state index is 12.2. The number of rotatable bonds is 3. The summed E-state index contributed by atoms with van der Waals surface area (Å²) in [5, 5.41) is 0.311. The van der Waals surface area contributed by atoms with Gasteiger partial charge in [-0.15, -0.1) is 0 Å². The van der Waals surface area contributed by atoms with Crippen molar-refractivity contribution in [3.63, 3.8) is 0 Å². The Balaban J connectivity index is 2.38. The zero-order valence-corrected chi connectivity index (χ0v) is 14.4. The Labute approximate surface area is 137 Å². The summed E-state index contributed by atoms with van der Waals surface area (Å²) in [5.74, 6) is -0.0709. The normalized spacial score (nSPS) is 11.3. The minimum absolute atomic E-state index is 0.0176. The van der Waals surface area contributed by atoms with E-state index in [0.717, 1.165) is 0 Å². The number of benzene rings is 1. The summed E-state index contributed by atoms with van der Waals surface area (Å²) in [6.45, 7) is 0. The quantitative estimate of drug-likeness (QED) is 0.712. The van der Waals surface area contributed by atoms with Gasteiger partial charge in [-0.05, 0) is 44.0 Å². The highest BCUT2D eigenvalue weighted by Crippen LogP contribution is 2.31. The summed E-state index contributed by atoms with van der Waals surface area (Å²) < 4.78 is 27.6. The Morgan fingerprint density at radius 3 is 2.15 bits per heavy atom. The first-order valence-electron chi connectivity index (χ1n) is 5.04. The van der Waals surface area contributed by atoms with Gasteiger partial charge >= 0.3 is 0 Å². The third-order valence-electron chi connectivity index (χ3n) is 2.21. The first kappa shape index (κ1) is 15.5. The molecule has 20 heavy (non-hydrogen) atoms. The Morgan fingerprint density at radius 2 is 1.65 bits per heavy atom. The number of nitrogens with zero attached hydrogens (tertiary/aromatic N) is 2. The van der Waals surface area contributed by atoms with Gasteiger partial charge in [0.1, 0.15) is 0 Å². The van der Waals surface area contributed by atoms with Crippen LogP contribution in [0.5, 0.6) is 0 Å². The van der Waals surface area contributed by atoms with E-state index in [-0.39, 0.29) is 10.8 Å². The lowest BCUT2D eigenvalue weighted by Crippen LogP contribution is -2.15. The van der Waals surface area contributed by atoms with Gasteiger partial charge in [0, 0.05) is 8.95 Å². The largest absolute Gasteiger partial charge is 0.397 e. The molecule has 0 amide bonds. The monoisotopic (exact) mass is 440 g/mol. The maximum Gasteiger partial charge on any atom is 0.264 e. The molecule has 0 saturated heterocycles. The van der Waals surface area contributed by atoms with Gasteiger partial charge in [-0.25, -0.2) is 23.1 Å². The SMILES string of the molecule is Nc1c(Br)cc(S(=O)(=O)Nc2ncc(Cl)cn2)cc1Br. The van der Waals surface area contributed by atoms with Gasteiger partial charge < -0.3 is 5.73 Å². The van der Waals surface area contributed by atoms with Gasteiger partial charge in [0.25, 0.3) is 10.0 Å². The highest BCUT2D eigenvalue weighted by atomic mass is 79.9. The van der Waals surface area contributed by atoms with Crippen molar-refractivity contribution in [1.82, 2.24) is 9.97 Å². The van der Waals surface area contributed by atoms with Crippen LogP contribution in [0.2, 0.25) is 5.02 Å². The molecule has 0 radical (unpaired) electrons. The number of anilines is 2. The van der Waals surface area contributed by atoms with Crippen LogP contribution in [0, 0.1) is 0 Å². The van der Waals surface area contributed by atoms with E-state index in [4.69, 9.17) is 17.3 Å². The average Bonchev–Trinajstić information content (AvgIpc) is 2.38. The lowest BCUT2D eigenvalue weighted by atomic mass is 10.3. The smallest absolute Gasteiger partial charge is 0.264 e. The van der Waals surface area contributed by atoms with Crippen LogP contribution >= 0.6 is 43.5 Å². The fourth-order valence-electron chi connectivity index (χ4n) is 1.26. The number of sulfonamides is 1. The number of aromatic nitrogens is 2. The topological polar surface area (TPSA) is 98.0 Å².